The number of rotatable bonds is 5. The van der Waals surface area contributed by atoms with Crippen LogP contribution in [0, 0.1) is 17.0 Å². The average Bonchev–Trinajstić information content (AvgIpc) is 2.62. The predicted molar refractivity (Wildman–Crippen MR) is 98.1 cm³/mol. The van der Waals surface area contributed by atoms with E-state index in [1.54, 1.807) is 18.2 Å². The highest BCUT2D eigenvalue weighted by molar-refractivity contribution is 7.92. The van der Waals surface area contributed by atoms with E-state index in [0.717, 1.165) is 5.56 Å². The topological polar surface area (TPSA) is 102 Å². The molecule has 1 aliphatic rings. The third kappa shape index (κ3) is 3.94. The summed E-state index contributed by atoms with van der Waals surface area (Å²) in [5, 5.41) is 11.5. The van der Waals surface area contributed by atoms with Gasteiger partial charge in [-0.05, 0) is 31.2 Å². The molecule has 138 valence electrons. The first kappa shape index (κ1) is 18.2. The molecule has 1 N–H and O–H groups in total. The monoisotopic (exact) mass is 377 g/mol. The van der Waals surface area contributed by atoms with Crippen LogP contribution in [0.3, 0.4) is 0 Å². The summed E-state index contributed by atoms with van der Waals surface area (Å²) in [6.07, 6.45) is 0. The van der Waals surface area contributed by atoms with Crippen molar-refractivity contribution in [1.82, 2.24) is 0 Å². The molecule has 1 fully saturated rings. The number of aryl methyl sites for hydroxylation is 1. The van der Waals surface area contributed by atoms with Gasteiger partial charge in [0, 0.05) is 19.2 Å². The molecule has 2 aromatic carbocycles. The maximum Gasteiger partial charge on any atom is 0.294 e. The number of ether oxygens (including phenoxy) is 1. The van der Waals surface area contributed by atoms with Gasteiger partial charge >= 0.3 is 0 Å². The molecule has 1 aliphatic heterocycles. The Kier molecular flexibility index (Phi) is 5.10. The minimum atomic E-state index is -3.82. The van der Waals surface area contributed by atoms with Crippen LogP contribution in [-0.2, 0) is 14.8 Å². The normalized spacial score (nSPS) is 14.9. The van der Waals surface area contributed by atoms with Crippen molar-refractivity contribution in [1.29, 1.82) is 0 Å². The highest BCUT2D eigenvalue weighted by Gasteiger charge is 2.23. The molecular formula is C17H19N3O5S. The smallest absolute Gasteiger partial charge is 0.294 e. The second-order valence-electron chi connectivity index (χ2n) is 5.98. The summed E-state index contributed by atoms with van der Waals surface area (Å²) in [6, 6.07) is 10.7. The second-order valence-corrected chi connectivity index (χ2v) is 7.66. The van der Waals surface area contributed by atoms with E-state index >= 15 is 0 Å². The number of nitro benzene ring substituents is 1. The Balaban J connectivity index is 1.89. The van der Waals surface area contributed by atoms with Gasteiger partial charge in [0.15, 0.2) is 0 Å². The van der Waals surface area contributed by atoms with Crippen LogP contribution in [0.15, 0.2) is 47.4 Å². The van der Waals surface area contributed by atoms with Crippen LogP contribution < -0.4 is 9.62 Å². The molecule has 0 bridgehead atoms. The predicted octanol–water partition coefficient (Wildman–Crippen LogP) is 2.54. The van der Waals surface area contributed by atoms with Gasteiger partial charge in [0.2, 0.25) is 0 Å². The van der Waals surface area contributed by atoms with Crippen LogP contribution >= 0.6 is 0 Å². The second kappa shape index (κ2) is 7.30. The zero-order chi connectivity index (χ0) is 18.7. The lowest BCUT2D eigenvalue weighted by molar-refractivity contribution is -0.384. The van der Waals surface area contributed by atoms with E-state index in [-0.39, 0.29) is 16.3 Å². The van der Waals surface area contributed by atoms with Gasteiger partial charge in [-0.1, -0.05) is 17.7 Å². The van der Waals surface area contributed by atoms with Crippen LogP contribution in [0.5, 0.6) is 0 Å². The molecule has 0 aromatic heterocycles. The maximum atomic E-state index is 12.5. The lowest BCUT2D eigenvalue weighted by atomic mass is 10.2. The number of hydrogen-bond donors (Lipinski definition) is 1. The molecule has 26 heavy (non-hydrogen) atoms. The summed E-state index contributed by atoms with van der Waals surface area (Å²) >= 11 is 0. The van der Waals surface area contributed by atoms with Gasteiger partial charge in [-0.15, -0.1) is 0 Å². The lowest BCUT2D eigenvalue weighted by Crippen LogP contribution is -2.36. The number of sulfonamides is 1. The molecule has 1 saturated heterocycles. The molecule has 1 heterocycles. The standard InChI is InChI=1S/C17H19N3O5S/c1-13-2-5-15(6-3-13)26(23,24)18-14-4-7-16(17(12-14)20(21)22)19-8-10-25-11-9-19/h2-7,12,18H,8-11H2,1H3. The van der Waals surface area contributed by atoms with Crippen LogP contribution in [0.4, 0.5) is 17.1 Å². The summed E-state index contributed by atoms with van der Waals surface area (Å²) in [5.41, 5.74) is 1.40. The van der Waals surface area contributed by atoms with E-state index in [9.17, 15) is 18.5 Å². The van der Waals surface area contributed by atoms with Crippen molar-refractivity contribution in [2.75, 3.05) is 35.9 Å². The molecule has 0 unspecified atom stereocenters. The van der Waals surface area contributed by atoms with E-state index in [0.29, 0.717) is 32.0 Å². The molecule has 9 heteroatoms. The molecule has 0 amide bonds. The molecule has 0 spiro atoms. The number of hydrogen-bond acceptors (Lipinski definition) is 6. The van der Waals surface area contributed by atoms with Gasteiger partial charge in [-0.25, -0.2) is 8.42 Å². The van der Waals surface area contributed by atoms with Crippen molar-refractivity contribution < 1.29 is 18.1 Å². The van der Waals surface area contributed by atoms with E-state index in [4.69, 9.17) is 4.74 Å². The molecule has 0 saturated carbocycles. The largest absolute Gasteiger partial charge is 0.378 e. The minimum Gasteiger partial charge on any atom is -0.378 e. The van der Waals surface area contributed by atoms with Crippen molar-refractivity contribution in [3.63, 3.8) is 0 Å². The third-order valence-electron chi connectivity index (χ3n) is 4.11. The summed E-state index contributed by atoms with van der Waals surface area (Å²) in [7, 11) is -3.82. The Labute approximate surface area is 151 Å². The first-order valence-corrected chi connectivity index (χ1v) is 9.56. The van der Waals surface area contributed by atoms with Gasteiger partial charge in [0.25, 0.3) is 15.7 Å². The molecule has 0 radical (unpaired) electrons. The highest BCUT2D eigenvalue weighted by Crippen LogP contribution is 2.32. The van der Waals surface area contributed by atoms with E-state index in [2.05, 4.69) is 4.72 Å². The Bertz CT molecular complexity index is 906. The lowest BCUT2D eigenvalue weighted by Gasteiger charge is -2.28. The molecule has 8 nitrogen and oxygen atoms in total. The number of nitro groups is 1. The highest BCUT2D eigenvalue weighted by atomic mass is 32.2. The number of anilines is 2. The van der Waals surface area contributed by atoms with Crippen molar-refractivity contribution >= 4 is 27.1 Å². The fourth-order valence-electron chi connectivity index (χ4n) is 2.74. The molecule has 2 aromatic rings. The Morgan fingerprint density at radius 2 is 1.77 bits per heavy atom. The SMILES string of the molecule is Cc1ccc(S(=O)(=O)Nc2ccc(N3CCOCC3)c([N+](=O)[O-])c2)cc1. The van der Waals surface area contributed by atoms with Crippen molar-refractivity contribution in [2.24, 2.45) is 0 Å². The fourth-order valence-corrected chi connectivity index (χ4v) is 3.79. The van der Waals surface area contributed by atoms with Gasteiger partial charge in [0.05, 0.1) is 28.7 Å². The van der Waals surface area contributed by atoms with Crippen molar-refractivity contribution in [3.05, 3.63) is 58.1 Å². The Morgan fingerprint density at radius 1 is 1.12 bits per heavy atom. The molecule has 0 aliphatic carbocycles. The first-order valence-electron chi connectivity index (χ1n) is 8.07. The molecule has 3 rings (SSSR count). The third-order valence-corrected chi connectivity index (χ3v) is 5.50. The van der Waals surface area contributed by atoms with Crippen LogP contribution in [0.1, 0.15) is 5.56 Å². The fraction of sp³-hybridized carbons (Fsp3) is 0.294. The van der Waals surface area contributed by atoms with Crippen molar-refractivity contribution in [2.45, 2.75) is 11.8 Å². The zero-order valence-electron chi connectivity index (χ0n) is 14.2. The summed E-state index contributed by atoms with van der Waals surface area (Å²) in [5.74, 6) is 0. The zero-order valence-corrected chi connectivity index (χ0v) is 15.0. The van der Waals surface area contributed by atoms with Gasteiger partial charge in [0.1, 0.15) is 5.69 Å². The van der Waals surface area contributed by atoms with E-state index in [1.165, 1.54) is 24.3 Å². The van der Waals surface area contributed by atoms with Gasteiger partial charge < -0.3 is 9.64 Å². The van der Waals surface area contributed by atoms with E-state index < -0.39 is 14.9 Å². The summed E-state index contributed by atoms with van der Waals surface area (Å²) in [4.78, 5) is 12.9. The first-order chi connectivity index (χ1) is 12.4. The van der Waals surface area contributed by atoms with Crippen LogP contribution in [0.2, 0.25) is 0 Å². The number of benzene rings is 2. The van der Waals surface area contributed by atoms with Gasteiger partial charge in [-0.2, -0.15) is 0 Å². The van der Waals surface area contributed by atoms with Crippen LogP contribution in [0.25, 0.3) is 0 Å². The number of nitrogens with zero attached hydrogens (tertiary/aromatic N) is 2. The van der Waals surface area contributed by atoms with Gasteiger partial charge in [-0.3, -0.25) is 14.8 Å². The van der Waals surface area contributed by atoms with Crippen molar-refractivity contribution in [3.8, 4) is 0 Å². The van der Waals surface area contributed by atoms with Crippen LogP contribution in [-0.4, -0.2) is 39.6 Å². The Morgan fingerprint density at radius 3 is 2.38 bits per heavy atom. The molecular weight excluding hydrogens is 358 g/mol. The number of nitrogens with one attached hydrogen (secondary N) is 1. The minimum absolute atomic E-state index is 0.100. The Hall–Kier alpha value is -2.65. The van der Waals surface area contributed by atoms with E-state index in [1.807, 2.05) is 11.8 Å². The molecule has 0 atom stereocenters. The summed E-state index contributed by atoms with van der Waals surface area (Å²) in [6.45, 7) is 3.96. The summed E-state index contributed by atoms with van der Waals surface area (Å²) < 4.78 is 32.6. The average molecular weight is 377 g/mol. The quantitative estimate of drug-likeness (QED) is 0.635. The maximum absolute atomic E-state index is 12.5. The number of morpholine rings is 1.